The van der Waals surface area contributed by atoms with E-state index in [0.717, 1.165) is 17.7 Å². The summed E-state index contributed by atoms with van der Waals surface area (Å²) in [5, 5.41) is 0. The number of methoxy groups -OCH3 is 2. The molecule has 0 aromatic heterocycles. The summed E-state index contributed by atoms with van der Waals surface area (Å²) < 4.78 is 10.8. The predicted molar refractivity (Wildman–Crippen MR) is 110 cm³/mol. The van der Waals surface area contributed by atoms with Crippen molar-refractivity contribution in [3.8, 4) is 11.5 Å². The standard InChI is InChI=1S/C23H26N2O4/c1-24(17-7-5-4-6-8-17)22(26)18-13-19(18)23(27)25-10-9-15-11-20(28-2)21(29-3)12-16(15)14-25/h4-8,11-12,18-19H,9-10,13-14H2,1-3H3. The highest BCUT2D eigenvalue weighted by atomic mass is 16.5. The maximum absolute atomic E-state index is 13.0. The molecule has 29 heavy (non-hydrogen) atoms. The summed E-state index contributed by atoms with van der Waals surface area (Å²) in [4.78, 5) is 29.3. The fourth-order valence-electron chi connectivity index (χ4n) is 4.07. The summed E-state index contributed by atoms with van der Waals surface area (Å²) in [5.41, 5.74) is 3.11. The summed E-state index contributed by atoms with van der Waals surface area (Å²) in [5.74, 6) is 1.03. The smallest absolute Gasteiger partial charge is 0.230 e. The van der Waals surface area contributed by atoms with Crippen molar-refractivity contribution < 1.29 is 19.1 Å². The number of hydrogen-bond donors (Lipinski definition) is 0. The van der Waals surface area contributed by atoms with Gasteiger partial charge in [0, 0.05) is 25.8 Å². The van der Waals surface area contributed by atoms with Crippen LogP contribution >= 0.6 is 0 Å². The molecule has 152 valence electrons. The second-order valence-electron chi connectivity index (χ2n) is 7.67. The lowest BCUT2D eigenvalue weighted by atomic mass is 9.98. The molecule has 2 aromatic rings. The topological polar surface area (TPSA) is 59.1 Å². The molecule has 0 saturated heterocycles. The third kappa shape index (κ3) is 3.67. The van der Waals surface area contributed by atoms with Crippen molar-refractivity contribution in [3.63, 3.8) is 0 Å². The summed E-state index contributed by atoms with van der Waals surface area (Å²) in [7, 11) is 5.01. The van der Waals surface area contributed by atoms with Gasteiger partial charge in [0.15, 0.2) is 11.5 Å². The van der Waals surface area contributed by atoms with E-state index >= 15 is 0 Å². The van der Waals surface area contributed by atoms with Gasteiger partial charge in [-0.05, 0) is 48.2 Å². The van der Waals surface area contributed by atoms with Crippen molar-refractivity contribution in [3.05, 3.63) is 53.6 Å². The molecule has 4 rings (SSSR count). The molecule has 1 aliphatic heterocycles. The molecule has 1 fully saturated rings. The highest BCUT2D eigenvalue weighted by molar-refractivity contribution is 6.00. The molecule has 1 saturated carbocycles. The molecule has 0 spiro atoms. The van der Waals surface area contributed by atoms with Gasteiger partial charge in [0.1, 0.15) is 0 Å². The monoisotopic (exact) mass is 394 g/mol. The largest absolute Gasteiger partial charge is 0.493 e. The van der Waals surface area contributed by atoms with Crippen LogP contribution in [0.2, 0.25) is 0 Å². The first-order chi connectivity index (χ1) is 14.0. The Hall–Kier alpha value is -3.02. The van der Waals surface area contributed by atoms with Crippen LogP contribution in [0.3, 0.4) is 0 Å². The van der Waals surface area contributed by atoms with Crippen LogP contribution < -0.4 is 14.4 Å². The summed E-state index contributed by atoms with van der Waals surface area (Å²) in [6.07, 6.45) is 1.40. The average molecular weight is 394 g/mol. The van der Waals surface area contributed by atoms with Crippen LogP contribution in [0.15, 0.2) is 42.5 Å². The van der Waals surface area contributed by atoms with Gasteiger partial charge in [-0.15, -0.1) is 0 Å². The lowest BCUT2D eigenvalue weighted by molar-refractivity contribution is -0.135. The van der Waals surface area contributed by atoms with Crippen LogP contribution in [0.25, 0.3) is 0 Å². The van der Waals surface area contributed by atoms with E-state index in [1.807, 2.05) is 47.4 Å². The first-order valence-corrected chi connectivity index (χ1v) is 9.88. The van der Waals surface area contributed by atoms with Crippen LogP contribution in [0, 0.1) is 11.8 Å². The first kappa shape index (κ1) is 19.3. The highest BCUT2D eigenvalue weighted by Gasteiger charge is 2.50. The molecule has 2 amide bonds. The molecule has 0 bridgehead atoms. The van der Waals surface area contributed by atoms with Gasteiger partial charge in [-0.25, -0.2) is 0 Å². The Morgan fingerprint density at radius 3 is 2.31 bits per heavy atom. The molecular formula is C23H26N2O4. The number of hydrogen-bond acceptors (Lipinski definition) is 4. The van der Waals surface area contributed by atoms with Crippen LogP contribution in [0.4, 0.5) is 5.69 Å². The van der Waals surface area contributed by atoms with Crippen LogP contribution in [-0.2, 0) is 22.6 Å². The number of para-hydroxylation sites is 1. The first-order valence-electron chi connectivity index (χ1n) is 9.88. The maximum Gasteiger partial charge on any atom is 0.230 e. The average Bonchev–Trinajstić information content (AvgIpc) is 3.57. The van der Waals surface area contributed by atoms with Crippen molar-refractivity contribution in [2.24, 2.45) is 11.8 Å². The van der Waals surface area contributed by atoms with E-state index in [9.17, 15) is 9.59 Å². The number of nitrogens with zero attached hydrogens (tertiary/aromatic N) is 2. The van der Waals surface area contributed by atoms with E-state index < -0.39 is 0 Å². The zero-order valence-corrected chi connectivity index (χ0v) is 17.1. The van der Waals surface area contributed by atoms with Crippen molar-refractivity contribution >= 4 is 17.5 Å². The number of carbonyl (C=O) groups excluding carboxylic acids is 2. The molecule has 1 aliphatic carbocycles. The fraction of sp³-hybridized carbons (Fsp3) is 0.391. The van der Waals surface area contributed by atoms with Crippen molar-refractivity contribution in [1.82, 2.24) is 4.90 Å². The number of anilines is 1. The predicted octanol–water partition coefficient (Wildman–Crippen LogP) is 2.89. The molecule has 1 heterocycles. The van der Waals surface area contributed by atoms with Gasteiger partial charge in [0.2, 0.25) is 11.8 Å². The second kappa shape index (κ2) is 7.78. The Balaban J connectivity index is 1.42. The zero-order chi connectivity index (χ0) is 20.5. The van der Waals surface area contributed by atoms with Gasteiger partial charge in [0.25, 0.3) is 0 Å². The number of rotatable bonds is 5. The van der Waals surface area contributed by atoms with Gasteiger partial charge in [-0.1, -0.05) is 18.2 Å². The molecule has 6 nitrogen and oxygen atoms in total. The SMILES string of the molecule is COc1cc2c(cc1OC)CN(C(=O)C1CC1C(=O)N(C)c1ccccc1)CC2. The number of benzene rings is 2. The third-order valence-corrected chi connectivity index (χ3v) is 5.93. The molecular weight excluding hydrogens is 368 g/mol. The van der Waals surface area contributed by atoms with Gasteiger partial charge in [0.05, 0.1) is 26.1 Å². The number of ether oxygens (including phenoxy) is 2. The summed E-state index contributed by atoms with van der Waals surface area (Å²) >= 11 is 0. The number of carbonyl (C=O) groups is 2. The van der Waals surface area contributed by atoms with E-state index in [1.54, 1.807) is 26.2 Å². The van der Waals surface area contributed by atoms with Gasteiger partial charge < -0.3 is 19.3 Å². The van der Waals surface area contributed by atoms with Crippen LogP contribution in [0.1, 0.15) is 17.5 Å². The van der Waals surface area contributed by atoms with E-state index in [2.05, 4.69) is 0 Å². The second-order valence-corrected chi connectivity index (χ2v) is 7.67. The van der Waals surface area contributed by atoms with Crippen LogP contribution in [-0.4, -0.2) is 44.5 Å². The minimum atomic E-state index is -0.223. The molecule has 2 atom stereocenters. The van der Waals surface area contributed by atoms with E-state index in [-0.39, 0.29) is 23.7 Å². The third-order valence-electron chi connectivity index (χ3n) is 5.93. The molecule has 2 aliphatic rings. The zero-order valence-electron chi connectivity index (χ0n) is 17.1. The highest BCUT2D eigenvalue weighted by Crippen LogP contribution is 2.43. The lowest BCUT2D eigenvalue weighted by Crippen LogP contribution is -2.38. The maximum atomic E-state index is 13.0. The normalized spacial score (nSPS) is 19.9. The van der Waals surface area contributed by atoms with Gasteiger partial charge >= 0.3 is 0 Å². The Morgan fingerprint density at radius 2 is 1.66 bits per heavy atom. The Bertz CT molecular complexity index is 928. The van der Waals surface area contributed by atoms with Crippen molar-refractivity contribution in [2.75, 3.05) is 32.7 Å². The Labute approximate surface area is 171 Å². The van der Waals surface area contributed by atoms with E-state index in [1.165, 1.54) is 5.56 Å². The summed E-state index contributed by atoms with van der Waals surface area (Å²) in [6, 6.07) is 13.5. The minimum absolute atomic E-state index is 0.0124. The van der Waals surface area contributed by atoms with E-state index in [0.29, 0.717) is 31.0 Å². The van der Waals surface area contributed by atoms with Gasteiger partial charge in [-0.2, -0.15) is 0 Å². The molecule has 0 N–H and O–H groups in total. The Kier molecular flexibility index (Phi) is 5.18. The molecule has 2 aromatic carbocycles. The quantitative estimate of drug-likeness (QED) is 0.783. The number of amides is 2. The molecule has 0 radical (unpaired) electrons. The Morgan fingerprint density at radius 1 is 1.00 bits per heavy atom. The lowest BCUT2D eigenvalue weighted by Gasteiger charge is -2.30. The molecule has 2 unspecified atom stereocenters. The summed E-state index contributed by atoms with van der Waals surface area (Å²) in [6.45, 7) is 1.20. The van der Waals surface area contributed by atoms with E-state index in [4.69, 9.17) is 9.47 Å². The number of fused-ring (bicyclic) bond motifs is 1. The van der Waals surface area contributed by atoms with Crippen molar-refractivity contribution in [1.29, 1.82) is 0 Å². The minimum Gasteiger partial charge on any atom is -0.493 e. The van der Waals surface area contributed by atoms with Gasteiger partial charge in [-0.3, -0.25) is 9.59 Å². The van der Waals surface area contributed by atoms with Crippen LogP contribution in [0.5, 0.6) is 11.5 Å². The fourth-order valence-corrected chi connectivity index (χ4v) is 4.07. The molecule has 6 heteroatoms. The van der Waals surface area contributed by atoms with Crippen molar-refractivity contribution in [2.45, 2.75) is 19.4 Å².